The predicted molar refractivity (Wildman–Crippen MR) is 80.8 cm³/mol. The number of imidazole rings is 1. The largest absolute Gasteiger partial charge is 0.496 e. The number of hydrogen-bond donors (Lipinski definition) is 1. The molecule has 2 aromatic carbocycles. The van der Waals surface area contributed by atoms with Gasteiger partial charge in [0.1, 0.15) is 11.6 Å². The summed E-state index contributed by atoms with van der Waals surface area (Å²) >= 11 is 2.28. The van der Waals surface area contributed by atoms with Crippen LogP contribution in [0.4, 0.5) is 0 Å². The third kappa shape index (κ3) is 1.86. The lowest BCUT2D eigenvalue weighted by atomic mass is 10.2. The minimum Gasteiger partial charge on any atom is -0.496 e. The number of ether oxygens (including phenoxy) is 1. The summed E-state index contributed by atoms with van der Waals surface area (Å²) in [5, 5.41) is 0. The molecule has 0 fully saturated rings. The second kappa shape index (κ2) is 4.61. The van der Waals surface area contributed by atoms with Crippen LogP contribution in [0.15, 0.2) is 42.5 Å². The highest BCUT2D eigenvalue weighted by molar-refractivity contribution is 14.1. The van der Waals surface area contributed by atoms with E-state index in [0.717, 1.165) is 31.7 Å². The number of halogens is 1. The summed E-state index contributed by atoms with van der Waals surface area (Å²) in [6, 6.07) is 14.0. The Balaban J connectivity index is 2.20. The van der Waals surface area contributed by atoms with Crippen LogP contribution < -0.4 is 4.74 Å². The molecular formula is C14H11IN2O. The zero-order valence-electron chi connectivity index (χ0n) is 9.77. The Morgan fingerprint density at radius 3 is 2.72 bits per heavy atom. The molecule has 1 heterocycles. The molecule has 90 valence electrons. The fourth-order valence-electron chi connectivity index (χ4n) is 1.93. The Morgan fingerprint density at radius 1 is 1.11 bits per heavy atom. The normalized spacial score (nSPS) is 10.8. The van der Waals surface area contributed by atoms with Crippen molar-refractivity contribution in [3.63, 3.8) is 0 Å². The molecule has 0 spiro atoms. The van der Waals surface area contributed by atoms with E-state index in [1.807, 2.05) is 42.5 Å². The van der Waals surface area contributed by atoms with Crippen molar-refractivity contribution in [1.82, 2.24) is 9.97 Å². The van der Waals surface area contributed by atoms with E-state index in [1.165, 1.54) is 0 Å². The quantitative estimate of drug-likeness (QED) is 0.713. The number of fused-ring (bicyclic) bond motifs is 1. The molecule has 18 heavy (non-hydrogen) atoms. The third-order valence-electron chi connectivity index (χ3n) is 2.83. The molecule has 0 saturated carbocycles. The first-order chi connectivity index (χ1) is 8.79. The van der Waals surface area contributed by atoms with Gasteiger partial charge in [-0.1, -0.05) is 18.2 Å². The summed E-state index contributed by atoms with van der Waals surface area (Å²) in [7, 11) is 1.68. The summed E-state index contributed by atoms with van der Waals surface area (Å²) in [5.41, 5.74) is 3.09. The van der Waals surface area contributed by atoms with Gasteiger partial charge in [-0.25, -0.2) is 4.98 Å². The molecule has 3 aromatic rings. The van der Waals surface area contributed by atoms with Crippen molar-refractivity contribution in [2.24, 2.45) is 0 Å². The standard InChI is InChI=1S/C14H11IN2O/c1-18-12-8-4-5-9(13(12)15)14-16-10-6-2-3-7-11(10)17-14/h2-8H,1H3,(H,16,17). The molecule has 0 aliphatic rings. The van der Waals surface area contributed by atoms with Crippen molar-refractivity contribution < 1.29 is 4.74 Å². The third-order valence-corrected chi connectivity index (χ3v) is 3.94. The smallest absolute Gasteiger partial charge is 0.139 e. The predicted octanol–water partition coefficient (Wildman–Crippen LogP) is 3.84. The van der Waals surface area contributed by atoms with Crippen LogP contribution in [0.2, 0.25) is 0 Å². The molecule has 1 aromatic heterocycles. The summed E-state index contributed by atoms with van der Waals surface area (Å²) < 4.78 is 6.40. The van der Waals surface area contributed by atoms with Gasteiger partial charge >= 0.3 is 0 Å². The van der Waals surface area contributed by atoms with Gasteiger partial charge in [0.2, 0.25) is 0 Å². The van der Waals surface area contributed by atoms with Crippen molar-refractivity contribution in [3.05, 3.63) is 46.0 Å². The SMILES string of the molecule is COc1cccc(-c2nc3ccccc3[nH]2)c1I. The Hall–Kier alpha value is -1.56. The van der Waals surface area contributed by atoms with Crippen LogP contribution >= 0.6 is 22.6 Å². The fraction of sp³-hybridized carbons (Fsp3) is 0.0714. The van der Waals surface area contributed by atoms with E-state index in [0.29, 0.717) is 0 Å². The molecule has 3 rings (SSSR count). The fourth-order valence-corrected chi connectivity index (χ4v) is 2.77. The second-order valence-electron chi connectivity index (χ2n) is 3.92. The van der Waals surface area contributed by atoms with Crippen molar-refractivity contribution >= 4 is 33.6 Å². The zero-order valence-corrected chi connectivity index (χ0v) is 11.9. The molecule has 0 unspecified atom stereocenters. The van der Waals surface area contributed by atoms with Crippen molar-refractivity contribution in [2.75, 3.05) is 7.11 Å². The van der Waals surface area contributed by atoms with Crippen LogP contribution in [-0.2, 0) is 0 Å². The summed E-state index contributed by atoms with van der Waals surface area (Å²) in [5.74, 6) is 1.74. The van der Waals surface area contributed by atoms with Crippen molar-refractivity contribution in [3.8, 4) is 17.1 Å². The van der Waals surface area contributed by atoms with Crippen LogP contribution in [0.1, 0.15) is 0 Å². The molecule has 1 N–H and O–H groups in total. The summed E-state index contributed by atoms with van der Waals surface area (Å²) in [6.07, 6.45) is 0. The highest BCUT2D eigenvalue weighted by Gasteiger charge is 2.11. The Bertz CT molecular complexity index is 673. The Morgan fingerprint density at radius 2 is 1.94 bits per heavy atom. The van der Waals surface area contributed by atoms with E-state index >= 15 is 0 Å². The minimum absolute atomic E-state index is 0.869. The number of benzene rings is 2. The van der Waals surface area contributed by atoms with Crippen LogP contribution in [0.3, 0.4) is 0 Å². The van der Waals surface area contributed by atoms with E-state index in [2.05, 4.69) is 32.6 Å². The minimum atomic E-state index is 0.869. The number of hydrogen-bond acceptors (Lipinski definition) is 2. The number of rotatable bonds is 2. The van der Waals surface area contributed by atoms with Crippen LogP contribution in [-0.4, -0.2) is 17.1 Å². The van der Waals surface area contributed by atoms with Crippen LogP contribution in [0.25, 0.3) is 22.4 Å². The Kier molecular flexibility index (Phi) is 2.95. The van der Waals surface area contributed by atoms with Gasteiger partial charge in [0.05, 0.1) is 21.7 Å². The number of nitrogens with zero attached hydrogens (tertiary/aromatic N) is 1. The van der Waals surface area contributed by atoms with Crippen molar-refractivity contribution in [2.45, 2.75) is 0 Å². The zero-order chi connectivity index (χ0) is 12.5. The maximum atomic E-state index is 5.33. The van der Waals surface area contributed by atoms with E-state index in [1.54, 1.807) is 7.11 Å². The molecule has 0 saturated heterocycles. The lowest BCUT2D eigenvalue weighted by Gasteiger charge is -2.06. The first kappa shape index (κ1) is 11.5. The summed E-state index contributed by atoms with van der Waals surface area (Å²) in [6.45, 7) is 0. The lowest BCUT2D eigenvalue weighted by molar-refractivity contribution is 0.412. The molecule has 0 bridgehead atoms. The molecule has 0 aliphatic heterocycles. The number of aromatic amines is 1. The number of nitrogens with one attached hydrogen (secondary N) is 1. The molecule has 0 amide bonds. The topological polar surface area (TPSA) is 37.9 Å². The number of aromatic nitrogens is 2. The van der Waals surface area contributed by atoms with Gasteiger partial charge in [0.25, 0.3) is 0 Å². The molecule has 4 heteroatoms. The molecule has 0 aliphatic carbocycles. The maximum absolute atomic E-state index is 5.33. The first-order valence-electron chi connectivity index (χ1n) is 5.57. The van der Waals surface area contributed by atoms with Gasteiger partial charge in [-0.2, -0.15) is 0 Å². The average molecular weight is 350 g/mol. The molecular weight excluding hydrogens is 339 g/mol. The average Bonchev–Trinajstić information content (AvgIpc) is 2.82. The van der Waals surface area contributed by atoms with E-state index in [4.69, 9.17) is 4.74 Å². The number of H-pyrrole nitrogens is 1. The molecule has 0 radical (unpaired) electrons. The van der Waals surface area contributed by atoms with Gasteiger partial charge in [-0.15, -0.1) is 0 Å². The summed E-state index contributed by atoms with van der Waals surface area (Å²) in [4.78, 5) is 7.94. The molecule has 3 nitrogen and oxygen atoms in total. The van der Waals surface area contributed by atoms with E-state index in [9.17, 15) is 0 Å². The van der Waals surface area contributed by atoms with E-state index in [-0.39, 0.29) is 0 Å². The first-order valence-corrected chi connectivity index (χ1v) is 6.65. The van der Waals surface area contributed by atoms with Gasteiger partial charge in [-0.3, -0.25) is 0 Å². The van der Waals surface area contributed by atoms with Crippen LogP contribution in [0, 0.1) is 3.57 Å². The monoisotopic (exact) mass is 350 g/mol. The van der Waals surface area contributed by atoms with Gasteiger partial charge in [0.15, 0.2) is 0 Å². The van der Waals surface area contributed by atoms with Crippen LogP contribution in [0.5, 0.6) is 5.75 Å². The lowest BCUT2D eigenvalue weighted by Crippen LogP contribution is -1.90. The highest BCUT2D eigenvalue weighted by atomic mass is 127. The maximum Gasteiger partial charge on any atom is 0.139 e. The van der Waals surface area contributed by atoms with E-state index < -0.39 is 0 Å². The number of para-hydroxylation sites is 2. The van der Waals surface area contributed by atoms with Crippen molar-refractivity contribution in [1.29, 1.82) is 0 Å². The second-order valence-corrected chi connectivity index (χ2v) is 5.00. The molecule has 0 atom stereocenters. The van der Waals surface area contributed by atoms with Gasteiger partial charge < -0.3 is 9.72 Å². The number of methoxy groups -OCH3 is 1. The van der Waals surface area contributed by atoms with Gasteiger partial charge in [-0.05, 0) is 46.9 Å². The van der Waals surface area contributed by atoms with Gasteiger partial charge in [0, 0.05) is 5.56 Å². The highest BCUT2D eigenvalue weighted by Crippen LogP contribution is 2.31. The Labute approximate surface area is 118 Å².